The van der Waals surface area contributed by atoms with E-state index in [4.69, 9.17) is 5.11 Å². The van der Waals surface area contributed by atoms with Crippen LogP contribution in [0.5, 0.6) is 0 Å². The molecule has 0 spiro atoms. The first-order chi connectivity index (χ1) is 11.6. The summed E-state index contributed by atoms with van der Waals surface area (Å²) in [5.74, 6) is 0. The molecule has 0 aliphatic heterocycles. The van der Waals surface area contributed by atoms with Crippen LogP contribution in [-0.2, 0) is 19.7 Å². The molecule has 6 nitrogen and oxygen atoms in total. The molecule has 1 aromatic carbocycles. The standard InChI is InChI=1S/C13H13F6NO5S/c1-26(23,24)25-7-6-11(12(14,15)16,13(17,18)19)8-2-4-9(5-3-8)20-10(21)22/h2-5,20H,6-7H2,1H3,(H,21,22). The van der Waals surface area contributed by atoms with Gasteiger partial charge in [0.1, 0.15) is 0 Å². The van der Waals surface area contributed by atoms with Crippen molar-refractivity contribution in [2.45, 2.75) is 24.2 Å². The highest BCUT2D eigenvalue weighted by Gasteiger charge is 2.71. The van der Waals surface area contributed by atoms with E-state index in [9.17, 15) is 39.6 Å². The highest BCUT2D eigenvalue weighted by atomic mass is 32.2. The third-order valence-corrected chi connectivity index (χ3v) is 3.97. The first kappa shape index (κ1) is 22.0. The molecular weight excluding hydrogens is 396 g/mol. The average molecular weight is 409 g/mol. The molecule has 1 amide bonds. The summed E-state index contributed by atoms with van der Waals surface area (Å²) in [5.41, 5.74) is -5.87. The van der Waals surface area contributed by atoms with Crippen molar-refractivity contribution >= 4 is 21.9 Å². The summed E-state index contributed by atoms with van der Waals surface area (Å²) < 4.78 is 106. The summed E-state index contributed by atoms with van der Waals surface area (Å²) in [6, 6.07) is 2.39. The zero-order chi connectivity index (χ0) is 20.4. The van der Waals surface area contributed by atoms with E-state index in [1.165, 1.54) is 0 Å². The fourth-order valence-electron chi connectivity index (χ4n) is 2.22. The molecule has 0 atom stereocenters. The molecule has 0 bridgehead atoms. The number of hydrogen-bond donors (Lipinski definition) is 2. The number of halogens is 6. The van der Waals surface area contributed by atoms with E-state index in [0.29, 0.717) is 18.4 Å². The Bertz CT molecular complexity index is 728. The lowest BCUT2D eigenvalue weighted by Crippen LogP contribution is -2.54. The topological polar surface area (TPSA) is 92.7 Å². The van der Waals surface area contributed by atoms with Crippen molar-refractivity contribution in [1.82, 2.24) is 0 Å². The lowest BCUT2D eigenvalue weighted by molar-refractivity contribution is -0.306. The van der Waals surface area contributed by atoms with Crippen molar-refractivity contribution in [2.75, 3.05) is 18.2 Å². The van der Waals surface area contributed by atoms with Crippen LogP contribution in [0.15, 0.2) is 24.3 Å². The molecule has 0 saturated carbocycles. The van der Waals surface area contributed by atoms with Crippen LogP contribution < -0.4 is 5.32 Å². The molecule has 0 aliphatic carbocycles. The SMILES string of the molecule is CS(=O)(=O)OCCC(c1ccc(NC(=O)O)cc1)(C(F)(F)F)C(F)(F)F. The Morgan fingerprint density at radius 2 is 1.54 bits per heavy atom. The minimum atomic E-state index is -5.83. The number of benzene rings is 1. The third kappa shape index (κ3) is 5.00. The van der Waals surface area contributed by atoms with Gasteiger partial charge in [0, 0.05) is 5.69 Å². The molecular formula is C13H13F6NO5S. The second-order valence-corrected chi connectivity index (χ2v) is 6.83. The fraction of sp³-hybridized carbons (Fsp3) is 0.462. The molecule has 13 heteroatoms. The van der Waals surface area contributed by atoms with Gasteiger partial charge in [0.2, 0.25) is 0 Å². The van der Waals surface area contributed by atoms with Crippen molar-refractivity contribution < 1.29 is 48.8 Å². The quantitative estimate of drug-likeness (QED) is 0.554. The Balaban J connectivity index is 3.40. The predicted octanol–water partition coefficient (Wildman–Crippen LogP) is 3.51. The number of carbonyl (C=O) groups is 1. The van der Waals surface area contributed by atoms with E-state index in [-0.39, 0.29) is 5.69 Å². The van der Waals surface area contributed by atoms with Gasteiger partial charge >= 0.3 is 18.4 Å². The third-order valence-electron chi connectivity index (χ3n) is 3.37. The summed E-state index contributed by atoms with van der Waals surface area (Å²) >= 11 is 0. The fourth-order valence-corrected chi connectivity index (χ4v) is 2.61. The Morgan fingerprint density at radius 1 is 1.08 bits per heavy atom. The van der Waals surface area contributed by atoms with Crippen molar-refractivity contribution in [1.29, 1.82) is 0 Å². The number of carboxylic acid groups (broad SMARTS) is 1. The maximum atomic E-state index is 13.5. The van der Waals surface area contributed by atoms with Gasteiger partial charge in [-0.25, -0.2) is 4.79 Å². The van der Waals surface area contributed by atoms with Gasteiger partial charge in [-0.2, -0.15) is 34.8 Å². The zero-order valence-electron chi connectivity index (χ0n) is 13.0. The Labute approximate surface area is 143 Å². The summed E-state index contributed by atoms with van der Waals surface area (Å²) in [6.45, 7) is -1.35. The molecule has 0 aliphatic rings. The van der Waals surface area contributed by atoms with E-state index >= 15 is 0 Å². The van der Waals surface area contributed by atoms with Gasteiger partial charge < -0.3 is 5.11 Å². The average Bonchev–Trinajstić information content (AvgIpc) is 2.40. The lowest BCUT2D eigenvalue weighted by atomic mass is 9.76. The molecule has 0 heterocycles. The monoisotopic (exact) mass is 409 g/mol. The normalized spacial score (nSPS) is 13.5. The van der Waals surface area contributed by atoms with Gasteiger partial charge in [0.25, 0.3) is 10.1 Å². The van der Waals surface area contributed by atoms with Gasteiger partial charge in [-0.1, -0.05) is 12.1 Å². The molecule has 1 aromatic rings. The van der Waals surface area contributed by atoms with Gasteiger partial charge in [0.15, 0.2) is 5.41 Å². The molecule has 1 rings (SSSR count). The Kier molecular flexibility index (Phi) is 6.19. The molecule has 0 radical (unpaired) electrons. The zero-order valence-corrected chi connectivity index (χ0v) is 13.8. The number of nitrogens with one attached hydrogen (secondary N) is 1. The summed E-state index contributed by atoms with van der Waals surface area (Å²) in [5, 5.41) is 10.3. The van der Waals surface area contributed by atoms with E-state index in [0.717, 1.165) is 12.1 Å². The van der Waals surface area contributed by atoms with Gasteiger partial charge in [-0.05, 0) is 24.1 Å². The summed E-state index contributed by atoms with van der Waals surface area (Å²) in [7, 11) is -4.25. The van der Waals surface area contributed by atoms with Crippen LogP contribution in [0.25, 0.3) is 0 Å². The number of alkyl halides is 6. The van der Waals surface area contributed by atoms with Crippen LogP contribution in [0.3, 0.4) is 0 Å². The van der Waals surface area contributed by atoms with Crippen LogP contribution in [0, 0.1) is 0 Å². The Hall–Kier alpha value is -2.02. The van der Waals surface area contributed by atoms with Gasteiger partial charge in [-0.15, -0.1) is 0 Å². The minimum absolute atomic E-state index is 0.244. The molecule has 2 N–H and O–H groups in total. The molecule has 0 unspecified atom stereocenters. The Morgan fingerprint density at radius 3 is 1.88 bits per heavy atom. The maximum absolute atomic E-state index is 13.5. The molecule has 0 saturated heterocycles. The molecule has 0 aromatic heterocycles. The first-order valence-corrected chi connectivity index (χ1v) is 8.50. The highest BCUT2D eigenvalue weighted by molar-refractivity contribution is 7.85. The second-order valence-electron chi connectivity index (χ2n) is 5.18. The smallest absolute Gasteiger partial charge is 0.409 e. The van der Waals surface area contributed by atoms with Crippen LogP contribution in [-0.4, -0.2) is 44.8 Å². The summed E-state index contributed by atoms with van der Waals surface area (Å²) in [6.07, 6.45) is -14.5. The van der Waals surface area contributed by atoms with E-state index in [2.05, 4.69) is 4.18 Å². The highest BCUT2D eigenvalue weighted by Crippen LogP contribution is 2.54. The van der Waals surface area contributed by atoms with Gasteiger partial charge in [-0.3, -0.25) is 9.50 Å². The van der Waals surface area contributed by atoms with Crippen molar-refractivity contribution in [3.05, 3.63) is 29.8 Å². The number of anilines is 1. The van der Waals surface area contributed by atoms with Crippen molar-refractivity contribution in [3.63, 3.8) is 0 Å². The lowest BCUT2D eigenvalue weighted by Gasteiger charge is -2.37. The van der Waals surface area contributed by atoms with Crippen LogP contribution >= 0.6 is 0 Å². The molecule has 148 valence electrons. The van der Waals surface area contributed by atoms with Crippen LogP contribution in [0.4, 0.5) is 36.8 Å². The molecule has 26 heavy (non-hydrogen) atoms. The molecule has 0 fully saturated rings. The van der Waals surface area contributed by atoms with Crippen molar-refractivity contribution in [2.24, 2.45) is 0 Å². The largest absolute Gasteiger partial charge is 0.465 e. The van der Waals surface area contributed by atoms with Crippen LogP contribution in [0.1, 0.15) is 12.0 Å². The number of amides is 1. The number of rotatable bonds is 6. The second kappa shape index (κ2) is 7.31. The number of hydrogen-bond acceptors (Lipinski definition) is 4. The maximum Gasteiger partial charge on any atom is 0.409 e. The summed E-state index contributed by atoms with van der Waals surface area (Å²) in [4.78, 5) is 10.5. The van der Waals surface area contributed by atoms with E-state index in [1.807, 2.05) is 0 Å². The first-order valence-electron chi connectivity index (χ1n) is 6.68. The minimum Gasteiger partial charge on any atom is -0.465 e. The van der Waals surface area contributed by atoms with E-state index < -0.39 is 52.6 Å². The van der Waals surface area contributed by atoms with Gasteiger partial charge in [0.05, 0.1) is 12.9 Å². The van der Waals surface area contributed by atoms with E-state index in [1.54, 1.807) is 5.32 Å². The van der Waals surface area contributed by atoms with Crippen molar-refractivity contribution in [3.8, 4) is 0 Å². The predicted molar refractivity (Wildman–Crippen MR) is 77.3 cm³/mol. The van der Waals surface area contributed by atoms with Crippen LogP contribution in [0.2, 0.25) is 0 Å².